The molecule has 2 aliphatic heterocycles. The normalized spacial score (nSPS) is 25.5. The van der Waals surface area contributed by atoms with Crippen molar-refractivity contribution in [1.29, 1.82) is 0 Å². The molecule has 1 aromatic heterocycles. The van der Waals surface area contributed by atoms with Gasteiger partial charge in [-0.3, -0.25) is 0 Å². The van der Waals surface area contributed by atoms with Gasteiger partial charge in [-0.1, -0.05) is 0 Å². The Balaban J connectivity index is 1.97. The second-order valence-electron chi connectivity index (χ2n) is 4.20. The molecule has 0 aliphatic carbocycles. The number of hydrogen-bond donors (Lipinski definition) is 2. The average molecular weight is 208 g/mol. The highest BCUT2D eigenvalue weighted by Crippen LogP contribution is 2.27. The number of nitrogens with zero attached hydrogens (tertiary/aromatic N) is 2. The predicted octanol–water partition coefficient (Wildman–Crippen LogP) is 0.0724. The molecule has 1 fully saturated rings. The van der Waals surface area contributed by atoms with E-state index in [2.05, 4.69) is 10.4 Å². The summed E-state index contributed by atoms with van der Waals surface area (Å²) in [6, 6.07) is 0.343. The first-order valence-corrected chi connectivity index (χ1v) is 5.50. The minimum Gasteiger partial charge on any atom is -0.384 e. The van der Waals surface area contributed by atoms with E-state index in [1.165, 1.54) is 5.56 Å². The molecule has 5 nitrogen and oxygen atoms in total. The topological polar surface area (TPSA) is 65.1 Å². The number of aromatic nitrogens is 2. The van der Waals surface area contributed by atoms with E-state index >= 15 is 0 Å². The minimum atomic E-state index is 0.343. The van der Waals surface area contributed by atoms with Crippen molar-refractivity contribution >= 4 is 5.82 Å². The third kappa shape index (κ3) is 1.42. The highest BCUT2D eigenvalue weighted by molar-refractivity contribution is 5.45. The van der Waals surface area contributed by atoms with Gasteiger partial charge in [0, 0.05) is 31.7 Å². The maximum absolute atomic E-state index is 6.11. The van der Waals surface area contributed by atoms with Gasteiger partial charge in [-0.2, -0.15) is 5.10 Å². The van der Waals surface area contributed by atoms with Crippen molar-refractivity contribution in [1.82, 2.24) is 15.1 Å². The van der Waals surface area contributed by atoms with E-state index in [-0.39, 0.29) is 0 Å². The van der Waals surface area contributed by atoms with Gasteiger partial charge in [0.25, 0.3) is 0 Å². The summed E-state index contributed by atoms with van der Waals surface area (Å²) < 4.78 is 7.33. The van der Waals surface area contributed by atoms with Gasteiger partial charge in [0.15, 0.2) is 0 Å². The molecular formula is C10H16N4O. The molecule has 5 heteroatoms. The fourth-order valence-corrected chi connectivity index (χ4v) is 2.34. The number of rotatable bonds is 1. The standard InChI is InChI=1S/C10H16N4O/c11-10-8-5-12-3-1-9(8)13-14(10)7-2-4-15-6-7/h7,12H,1-6,11H2. The summed E-state index contributed by atoms with van der Waals surface area (Å²) in [7, 11) is 0. The van der Waals surface area contributed by atoms with Crippen molar-refractivity contribution in [2.75, 3.05) is 25.5 Å². The number of fused-ring (bicyclic) bond motifs is 1. The monoisotopic (exact) mass is 208 g/mol. The lowest BCUT2D eigenvalue weighted by molar-refractivity contribution is 0.185. The van der Waals surface area contributed by atoms with Crippen LogP contribution in [0, 0.1) is 0 Å². The third-order valence-electron chi connectivity index (χ3n) is 3.22. The van der Waals surface area contributed by atoms with Crippen LogP contribution in [0.5, 0.6) is 0 Å². The van der Waals surface area contributed by atoms with Crippen LogP contribution >= 0.6 is 0 Å². The Bertz CT molecular complexity index is 368. The van der Waals surface area contributed by atoms with Crippen molar-refractivity contribution in [3.8, 4) is 0 Å². The van der Waals surface area contributed by atoms with Crippen LogP contribution in [0.4, 0.5) is 5.82 Å². The van der Waals surface area contributed by atoms with Crippen LogP contribution < -0.4 is 11.1 Å². The number of nitrogen functional groups attached to an aromatic ring is 1. The van der Waals surface area contributed by atoms with Crippen LogP contribution in [0.3, 0.4) is 0 Å². The van der Waals surface area contributed by atoms with E-state index < -0.39 is 0 Å². The number of nitrogens with one attached hydrogen (secondary N) is 1. The molecule has 1 saturated heterocycles. The highest BCUT2D eigenvalue weighted by atomic mass is 16.5. The molecule has 0 aromatic carbocycles. The molecule has 0 radical (unpaired) electrons. The molecule has 3 rings (SSSR count). The molecule has 1 atom stereocenters. The Hall–Kier alpha value is -1.07. The fourth-order valence-electron chi connectivity index (χ4n) is 2.34. The van der Waals surface area contributed by atoms with Gasteiger partial charge in [-0.05, 0) is 6.42 Å². The molecule has 1 aromatic rings. The summed E-state index contributed by atoms with van der Waals surface area (Å²) in [5.74, 6) is 0.827. The summed E-state index contributed by atoms with van der Waals surface area (Å²) >= 11 is 0. The summed E-state index contributed by atoms with van der Waals surface area (Å²) in [5.41, 5.74) is 8.46. The number of nitrogens with two attached hydrogens (primary N) is 1. The lowest BCUT2D eigenvalue weighted by Gasteiger charge is -2.11. The average Bonchev–Trinajstić information content (AvgIpc) is 2.87. The Morgan fingerprint density at radius 3 is 3.20 bits per heavy atom. The van der Waals surface area contributed by atoms with Crippen molar-refractivity contribution in [2.45, 2.75) is 25.4 Å². The van der Waals surface area contributed by atoms with Gasteiger partial charge in [0.2, 0.25) is 0 Å². The molecule has 3 heterocycles. The number of anilines is 1. The largest absolute Gasteiger partial charge is 0.384 e. The van der Waals surface area contributed by atoms with Crippen molar-refractivity contribution < 1.29 is 4.74 Å². The summed E-state index contributed by atoms with van der Waals surface area (Å²) in [4.78, 5) is 0. The highest BCUT2D eigenvalue weighted by Gasteiger charge is 2.25. The molecule has 2 aliphatic rings. The van der Waals surface area contributed by atoms with Crippen molar-refractivity contribution in [2.24, 2.45) is 0 Å². The van der Waals surface area contributed by atoms with E-state index in [0.29, 0.717) is 6.04 Å². The minimum absolute atomic E-state index is 0.343. The zero-order valence-electron chi connectivity index (χ0n) is 8.70. The molecule has 0 amide bonds. The number of hydrogen-bond acceptors (Lipinski definition) is 4. The van der Waals surface area contributed by atoms with Crippen molar-refractivity contribution in [3.05, 3.63) is 11.3 Å². The third-order valence-corrected chi connectivity index (χ3v) is 3.22. The second-order valence-corrected chi connectivity index (χ2v) is 4.20. The van der Waals surface area contributed by atoms with E-state index in [1.807, 2.05) is 4.68 Å². The maximum atomic E-state index is 6.11. The zero-order chi connectivity index (χ0) is 10.3. The summed E-state index contributed by atoms with van der Waals surface area (Å²) in [6.07, 6.45) is 2.01. The van der Waals surface area contributed by atoms with Crippen LogP contribution in [0.15, 0.2) is 0 Å². The molecule has 0 saturated carbocycles. The molecule has 0 bridgehead atoms. The second kappa shape index (κ2) is 3.50. The van der Waals surface area contributed by atoms with Gasteiger partial charge in [-0.15, -0.1) is 0 Å². The molecule has 82 valence electrons. The van der Waals surface area contributed by atoms with Crippen LogP contribution in [-0.4, -0.2) is 29.5 Å². The first kappa shape index (κ1) is 9.18. The van der Waals surface area contributed by atoms with E-state index in [0.717, 1.165) is 50.7 Å². The maximum Gasteiger partial charge on any atom is 0.126 e. The zero-order valence-corrected chi connectivity index (χ0v) is 8.70. The first-order chi connectivity index (χ1) is 7.36. The Labute approximate surface area is 88.6 Å². The van der Waals surface area contributed by atoms with Crippen LogP contribution in [0.1, 0.15) is 23.7 Å². The van der Waals surface area contributed by atoms with Crippen LogP contribution in [0.2, 0.25) is 0 Å². The van der Waals surface area contributed by atoms with E-state index in [4.69, 9.17) is 10.5 Å². The van der Waals surface area contributed by atoms with Gasteiger partial charge < -0.3 is 15.8 Å². The first-order valence-electron chi connectivity index (χ1n) is 5.50. The van der Waals surface area contributed by atoms with E-state index in [9.17, 15) is 0 Å². The quantitative estimate of drug-likeness (QED) is 0.685. The van der Waals surface area contributed by atoms with Gasteiger partial charge in [0.05, 0.1) is 18.3 Å². The van der Waals surface area contributed by atoms with Gasteiger partial charge >= 0.3 is 0 Å². The summed E-state index contributed by atoms with van der Waals surface area (Å²) in [6.45, 7) is 3.43. The molecule has 15 heavy (non-hydrogen) atoms. The van der Waals surface area contributed by atoms with E-state index in [1.54, 1.807) is 0 Å². The van der Waals surface area contributed by atoms with Gasteiger partial charge in [0.1, 0.15) is 5.82 Å². The SMILES string of the molecule is Nc1c2c(nn1C1CCOC1)CCNC2. The lowest BCUT2D eigenvalue weighted by atomic mass is 10.1. The van der Waals surface area contributed by atoms with Crippen LogP contribution in [-0.2, 0) is 17.7 Å². The smallest absolute Gasteiger partial charge is 0.126 e. The van der Waals surface area contributed by atoms with Crippen LogP contribution in [0.25, 0.3) is 0 Å². The van der Waals surface area contributed by atoms with Gasteiger partial charge in [-0.25, -0.2) is 4.68 Å². The lowest BCUT2D eigenvalue weighted by Crippen LogP contribution is -2.23. The Kier molecular flexibility index (Phi) is 2.14. The molecule has 3 N–H and O–H groups in total. The Morgan fingerprint density at radius 1 is 1.53 bits per heavy atom. The molecular weight excluding hydrogens is 192 g/mol. The molecule has 0 spiro atoms. The molecule has 1 unspecified atom stereocenters. The fraction of sp³-hybridized carbons (Fsp3) is 0.700. The number of ether oxygens (including phenoxy) is 1. The summed E-state index contributed by atoms with van der Waals surface area (Å²) in [5, 5.41) is 7.93. The predicted molar refractivity (Wildman–Crippen MR) is 56.5 cm³/mol. The van der Waals surface area contributed by atoms with Crippen molar-refractivity contribution in [3.63, 3.8) is 0 Å². The Morgan fingerprint density at radius 2 is 2.47 bits per heavy atom.